The van der Waals surface area contributed by atoms with Crippen LogP contribution in [0.25, 0.3) is 0 Å². The molecule has 120 valence electrons. The molecule has 2 aliphatic rings. The fraction of sp³-hybridized carbons (Fsp3) is 0.611. The van der Waals surface area contributed by atoms with Gasteiger partial charge in [0, 0.05) is 38.1 Å². The van der Waals surface area contributed by atoms with Crippen molar-refractivity contribution in [3.05, 3.63) is 35.4 Å². The van der Waals surface area contributed by atoms with Crippen LogP contribution in [0.5, 0.6) is 0 Å². The first-order chi connectivity index (χ1) is 10.7. The van der Waals surface area contributed by atoms with Crippen molar-refractivity contribution >= 4 is 5.91 Å². The van der Waals surface area contributed by atoms with Gasteiger partial charge in [0.15, 0.2) is 0 Å². The van der Waals surface area contributed by atoms with E-state index >= 15 is 0 Å². The Morgan fingerprint density at radius 1 is 1.27 bits per heavy atom. The first kappa shape index (κ1) is 15.5. The lowest BCUT2D eigenvalue weighted by Crippen LogP contribution is -2.41. The predicted octanol–water partition coefficient (Wildman–Crippen LogP) is 1.68. The molecule has 1 saturated carbocycles. The van der Waals surface area contributed by atoms with Crippen LogP contribution in [-0.2, 0) is 17.8 Å². The van der Waals surface area contributed by atoms with Gasteiger partial charge in [-0.15, -0.1) is 0 Å². The van der Waals surface area contributed by atoms with E-state index in [-0.39, 0.29) is 17.9 Å². The fourth-order valence-corrected chi connectivity index (χ4v) is 3.69. The lowest BCUT2D eigenvalue weighted by molar-refractivity contribution is -0.126. The summed E-state index contributed by atoms with van der Waals surface area (Å²) in [6.07, 6.45) is 5.11. The topological polar surface area (TPSA) is 58.4 Å². The van der Waals surface area contributed by atoms with Crippen LogP contribution in [-0.4, -0.2) is 36.5 Å². The minimum absolute atomic E-state index is 0.130. The summed E-state index contributed by atoms with van der Waals surface area (Å²) in [6, 6.07) is 8.87. The molecule has 3 N–H and O–H groups in total. The van der Waals surface area contributed by atoms with Crippen molar-refractivity contribution in [2.24, 2.45) is 11.7 Å². The average Bonchev–Trinajstić information content (AvgIpc) is 2.54. The maximum atomic E-state index is 12.2. The minimum Gasteiger partial charge on any atom is -0.355 e. The van der Waals surface area contributed by atoms with Crippen LogP contribution < -0.4 is 11.1 Å². The highest BCUT2D eigenvalue weighted by Crippen LogP contribution is 2.23. The molecule has 1 heterocycles. The molecule has 3 rings (SSSR count). The van der Waals surface area contributed by atoms with Gasteiger partial charge >= 0.3 is 0 Å². The molecular formula is C18H27N3O. The van der Waals surface area contributed by atoms with E-state index < -0.39 is 0 Å². The number of carbonyl (C=O) groups is 1. The Morgan fingerprint density at radius 2 is 2.09 bits per heavy atom. The zero-order valence-corrected chi connectivity index (χ0v) is 13.3. The molecule has 4 nitrogen and oxygen atoms in total. The van der Waals surface area contributed by atoms with Crippen molar-refractivity contribution < 1.29 is 4.79 Å². The summed E-state index contributed by atoms with van der Waals surface area (Å²) in [5.41, 5.74) is 8.87. The van der Waals surface area contributed by atoms with Gasteiger partial charge in [-0.3, -0.25) is 9.69 Å². The molecule has 0 saturated heterocycles. The molecule has 1 fully saturated rings. The summed E-state index contributed by atoms with van der Waals surface area (Å²) in [5, 5.41) is 3.11. The molecular weight excluding hydrogens is 274 g/mol. The molecule has 2 unspecified atom stereocenters. The molecule has 0 spiro atoms. The van der Waals surface area contributed by atoms with Crippen LogP contribution in [0, 0.1) is 5.92 Å². The first-order valence-electron chi connectivity index (χ1n) is 8.55. The number of nitrogens with zero attached hydrogens (tertiary/aromatic N) is 1. The van der Waals surface area contributed by atoms with E-state index in [1.807, 2.05) is 0 Å². The van der Waals surface area contributed by atoms with Crippen molar-refractivity contribution in [3.63, 3.8) is 0 Å². The van der Waals surface area contributed by atoms with E-state index in [2.05, 4.69) is 34.5 Å². The van der Waals surface area contributed by atoms with Crippen LogP contribution in [0.15, 0.2) is 24.3 Å². The van der Waals surface area contributed by atoms with Gasteiger partial charge in [0.05, 0.1) is 0 Å². The van der Waals surface area contributed by atoms with E-state index in [0.29, 0.717) is 0 Å². The van der Waals surface area contributed by atoms with Gasteiger partial charge in [-0.2, -0.15) is 0 Å². The molecule has 0 radical (unpaired) electrons. The third kappa shape index (κ3) is 3.87. The number of amides is 1. The van der Waals surface area contributed by atoms with Gasteiger partial charge in [0.2, 0.25) is 5.91 Å². The number of hydrogen-bond acceptors (Lipinski definition) is 3. The van der Waals surface area contributed by atoms with E-state index in [9.17, 15) is 4.79 Å². The Hall–Kier alpha value is -1.39. The number of rotatable bonds is 4. The second-order valence-electron chi connectivity index (χ2n) is 6.71. The fourth-order valence-electron chi connectivity index (χ4n) is 3.69. The lowest BCUT2D eigenvalue weighted by atomic mass is 9.85. The maximum absolute atomic E-state index is 12.2. The van der Waals surface area contributed by atoms with Gasteiger partial charge in [-0.1, -0.05) is 30.7 Å². The third-order valence-corrected chi connectivity index (χ3v) is 5.02. The van der Waals surface area contributed by atoms with Crippen molar-refractivity contribution in [3.8, 4) is 0 Å². The predicted molar refractivity (Wildman–Crippen MR) is 88.4 cm³/mol. The molecule has 1 aromatic rings. The molecule has 1 aromatic carbocycles. The number of fused-ring (bicyclic) bond motifs is 1. The van der Waals surface area contributed by atoms with Crippen molar-refractivity contribution in [2.45, 2.75) is 44.7 Å². The molecule has 22 heavy (non-hydrogen) atoms. The van der Waals surface area contributed by atoms with Crippen LogP contribution in [0.1, 0.15) is 36.8 Å². The Balaban J connectivity index is 1.41. The van der Waals surface area contributed by atoms with Crippen molar-refractivity contribution in [2.75, 3.05) is 19.6 Å². The smallest absolute Gasteiger partial charge is 0.223 e. The lowest BCUT2D eigenvalue weighted by Gasteiger charge is -2.29. The molecule has 1 aliphatic carbocycles. The van der Waals surface area contributed by atoms with Crippen LogP contribution in [0.4, 0.5) is 0 Å². The molecule has 1 amide bonds. The summed E-state index contributed by atoms with van der Waals surface area (Å²) >= 11 is 0. The van der Waals surface area contributed by atoms with E-state index in [1.165, 1.54) is 11.1 Å². The monoisotopic (exact) mass is 301 g/mol. The average molecular weight is 301 g/mol. The second kappa shape index (κ2) is 7.25. The van der Waals surface area contributed by atoms with Gasteiger partial charge in [-0.05, 0) is 36.8 Å². The first-order valence-corrected chi connectivity index (χ1v) is 8.55. The number of carbonyl (C=O) groups excluding carboxylic acids is 1. The van der Waals surface area contributed by atoms with Crippen molar-refractivity contribution in [1.29, 1.82) is 0 Å². The van der Waals surface area contributed by atoms with Crippen molar-refractivity contribution in [1.82, 2.24) is 10.2 Å². The highest BCUT2D eigenvalue weighted by atomic mass is 16.1. The summed E-state index contributed by atoms with van der Waals surface area (Å²) in [5.74, 6) is 0.332. The molecule has 4 heteroatoms. The van der Waals surface area contributed by atoms with Gasteiger partial charge < -0.3 is 11.1 Å². The molecule has 2 atom stereocenters. The molecule has 1 aliphatic heterocycles. The van der Waals surface area contributed by atoms with E-state index in [1.54, 1.807) is 0 Å². The number of benzene rings is 1. The Labute approximate surface area is 133 Å². The number of hydrogen-bond donors (Lipinski definition) is 2. The summed E-state index contributed by atoms with van der Waals surface area (Å²) in [4.78, 5) is 14.6. The van der Waals surface area contributed by atoms with Crippen LogP contribution >= 0.6 is 0 Å². The van der Waals surface area contributed by atoms with Crippen LogP contribution in [0.3, 0.4) is 0 Å². The molecule has 0 aromatic heterocycles. The third-order valence-electron chi connectivity index (χ3n) is 5.02. The Morgan fingerprint density at radius 3 is 2.91 bits per heavy atom. The summed E-state index contributed by atoms with van der Waals surface area (Å²) in [6.45, 7) is 3.76. The summed E-state index contributed by atoms with van der Waals surface area (Å²) < 4.78 is 0. The van der Waals surface area contributed by atoms with Gasteiger partial charge in [-0.25, -0.2) is 0 Å². The van der Waals surface area contributed by atoms with Gasteiger partial charge in [0.25, 0.3) is 0 Å². The highest BCUT2D eigenvalue weighted by Gasteiger charge is 2.25. The molecule has 0 bridgehead atoms. The van der Waals surface area contributed by atoms with E-state index in [4.69, 9.17) is 5.73 Å². The highest BCUT2D eigenvalue weighted by molar-refractivity contribution is 5.78. The maximum Gasteiger partial charge on any atom is 0.223 e. The number of nitrogens with one attached hydrogen (secondary N) is 1. The normalized spacial score (nSPS) is 25.5. The quantitative estimate of drug-likeness (QED) is 0.889. The van der Waals surface area contributed by atoms with Gasteiger partial charge in [0.1, 0.15) is 0 Å². The summed E-state index contributed by atoms with van der Waals surface area (Å²) in [7, 11) is 0. The SMILES string of the molecule is NC1CCCC(C(=O)NCCN2CCc3ccccc3C2)C1. The largest absolute Gasteiger partial charge is 0.355 e. The van der Waals surface area contributed by atoms with Crippen LogP contribution in [0.2, 0.25) is 0 Å². The second-order valence-corrected chi connectivity index (χ2v) is 6.71. The zero-order chi connectivity index (χ0) is 15.4. The van der Waals surface area contributed by atoms with E-state index in [0.717, 1.165) is 58.3 Å². The number of nitrogens with two attached hydrogens (primary N) is 1. The minimum atomic E-state index is 0.130. The zero-order valence-electron chi connectivity index (χ0n) is 13.3. The standard InChI is InChI=1S/C18H27N3O/c19-17-7-3-6-15(12-17)18(22)20-9-11-21-10-8-14-4-1-2-5-16(14)13-21/h1-2,4-5,15,17H,3,6-13,19H2,(H,20,22). The Kier molecular flexibility index (Phi) is 5.11. The Bertz CT molecular complexity index is 517.